The maximum atomic E-state index is 13.8. The number of nitrogens with one attached hydrogen (secondary N) is 3. The van der Waals surface area contributed by atoms with E-state index in [0.29, 0.717) is 5.69 Å². The molecule has 8 nitrogen and oxygen atoms in total. The zero-order valence-corrected chi connectivity index (χ0v) is 29.8. The van der Waals surface area contributed by atoms with Gasteiger partial charge in [0.15, 0.2) is 0 Å². The zero-order valence-electron chi connectivity index (χ0n) is 29.8. The zero-order chi connectivity index (χ0) is 34.8. The number of piperidine rings is 1. The smallest absolute Gasteiger partial charge is 0.326 e. The summed E-state index contributed by atoms with van der Waals surface area (Å²) in [6.07, 6.45) is 8.40. The van der Waals surface area contributed by atoms with E-state index in [-0.39, 0.29) is 11.5 Å². The molecule has 48 heavy (non-hydrogen) atoms. The lowest BCUT2D eigenvalue weighted by molar-refractivity contribution is -0.141. The van der Waals surface area contributed by atoms with Crippen LogP contribution in [-0.4, -0.2) is 52.0 Å². The van der Waals surface area contributed by atoms with Crippen molar-refractivity contribution in [1.82, 2.24) is 10.2 Å². The summed E-state index contributed by atoms with van der Waals surface area (Å²) in [4.78, 5) is 28.6. The highest BCUT2D eigenvalue weighted by Gasteiger charge is 2.32. The summed E-state index contributed by atoms with van der Waals surface area (Å²) in [5.41, 5.74) is 7.72. The van der Waals surface area contributed by atoms with E-state index < -0.39 is 23.8 Å². The molecule has 1 amide bonds. The number of amides is 1. The number of carboxylic acid groups (broad SMARTS) is 1. The molecule has 3 aromatic carbocycles. The minimum absolute atomic E-state index is 0.105. The van der Waals surface area contributed by atoms with Crippen molar-refractivity contribution < 1.29 is 19.8 Å². The number of aliphatic hydroxyl groups is 1. The van der Waals surface area contributed by atoms with Gasteiger partial charge >= 0.3 is 5.97 Å². The van der Waals surface area contributed by atoms with Crippen molar-refractivity contribution in [3.05, 3.63) is 82.4 Å². The SMILES string of the molecule is CC.Cc1cc(C)c(NC(C)(O)Nc2cc(-c3ccc(CN4CCCCC4)cc3)ccc2C(=O)N[C@H](C(=O)O)C2CCCCC2)c(C)c1. The Morgan fingerprint density at radius 1 is 0.833 bits per heavy atom. The predicted octanol–water partition coefficient (Wildman–Crippen LogP) is 8.24. The minimum atomic E-state index is -1.63. The molecule has 3 aromatic rings. The maximum Gasteiger partial charge on any atom is 0.326 e. The van der Waals surface area contributed by atoms with Gasteiger partial charge in [-0.2, -0.15) is 0 Å². The first-order valence-corrected chi connectivity index (χ1v) is 17.8. The van der Waals surface area contributed by atoms with Crippen LogP contribution in [0.3, 0.4) is 0 Å². The van der Waals surface area contributed by atoms with Crippen LogP contribution in [0.5, 0.6) is 0 Å². The second-order valence-electron chi connectivity index (χ2n) is 13.6. The van der Waals surface area contributed by atoms with Crippen molar-refractivity contribution >= 4 is 23.3 Å². The number of hydrogen-bond donors (Lipinski definition) is 5. The van der Waals surface area contributed by atoms with Gasteiger partial charge in [0.05, 0.1) is 11.3 Å². The Morgan fingerprint density at radius 3 is 2.02 bits per heavy atom. The molecule has 0 bridgehead atoms. The lowest BCUT2D eigenvalue weighted by Gasteiger charge is -2.31. The number of hydrogen-bond acceptors (Lipinski definition) is 6. The van der Waals surface area contributed by atoms with Gasteiger partial charge in [0.1, 0.15) is 6.04 Å². The Morgan fingerprint density at radius 2 is 1.42 bits per heavy atom. The van der Waals surface area contributed by atoms with E-state index in [0.717, 1.165) is 85.2 Å². The summed E-state index contributed by atoms with van der Waals surface area (Å²) < 4.78 is 0. The number of nitrogens with zero attached hydrogens (tertiary/aromatic N) is 1. The van der Waals surface area contributed by atoms with Gasteiger partial charge in [0.2, 0.25) is 5.85 Å². The van der Waals surface area contributed by atoms with Crippen molar-refractivity contribution in [2.75, 3.05) is 23.7 Å². The molecule has 2 atom stereocenters. The van der Waals surface area contributed by atoms with E-state index >= 15 is 0 Å². The number of aryl methyl sites for hydroxylation is 3. The highest BCUT2D eigenvalue weighted by Crippen LogP contribution is 2.32. The molecule has 1 heterocycles. The van der Waals surface area contributed by atoms with E-state index in [1.807, 2.05) is 46.8 Å². The molecule has 0 aromatic heterocycles. The molecule has 5 rings (SSSR count). The fourth-order valence-electron chi connectivity index (χ4n) is 7.19. The van der Waals surface area contributed by atoms with Crippen LogP contribution in [0.4, 0.5) is 11.4 Å². The van der Waals surface area contributed by atoms with Crippen molar-refractivity contribution in [2.45, 2.75) is 111 Å². The molecule has 260 valence electrons. The van der Waals surface area contributed by atoms with Crippen LogP contribution < -0.4 is 16.0 Å². The van der Waals surface area contributed by atoms with E-state index in [4.69, 9.17) is 0 Å². The summed E-state index contributed by atoms with van der Waals surface area (Å²) in [7, 11) is 0. The predicted molar refractivity (Wildman–Crippen MR) is 196 cm³/mol. The van der Waals surface area contributed by atoms with Gasteiger partial charge in [-0.05, 0) is 105 Å². The van der Waals surface area contributed by atoms with Gasteiger partial charge in [-0.25, -0.2) is 4.79 Å². The quantitative estimate of drug-likeness (QED) is 0.132. The Hall–Kier alpha value is -3.88. The third-order valence-electron chi connectivity index (χ3n) is 9.50. The van der Waals surface area contributed by atoms with Gasteiger partial charge in [-0.15, -0.1) is 0 Å². The average molecular weight is 657 g/mol. The average Bonchev–Trinajstić information content (AvgIpc) is 3.07. The molecule has 5 N–H and O–H groups in total. The third kappa shape index (κ3) is 9.83. The minimum Gasteiger partial charge on any atom is -0.480 e. The van der Waals surface area contributed by atoms with Crippen molar-refractivity contribution in [1.29, 1.82) is 0 Å². The van der Waals surface area contributed by atoms with Gasteiger partial charge < -0.3 is 26.2 Å². The molecule has 1 unspecified atom stereocenters. The van der Waals surface area contributed by atoms with E-state index in [2.05, 4.69) is 57.2 Å². The maximum absolute atomic E-state index is 13.8. The van der Waals surface area contributed by atoms with Crippen LogP contribution >= 0.6 is 0 Å². The number of likely N-dealkylation sites (tertiary alicyclic amines) is 1. The van der Waals surface area contributed by atoms with E-state index in [9.17, 15) is 19.8 Å². The molecular formula is C40H56N4O4. The van der Waals surface area contributed by atoms with Crippen LogP contribution in [-0.2, 0) is 11.3 Å². The second kappa shape index (κ2) is 17.0. The molecule has 2 aliphatic rings. The van der Waals surface area contributed by atoms with E-state index in [1.54, 1.807) is 13.0 Å². The standard InChI is InChI=1S/C38H50N4O4.C2H6/c1-25-21-26(2)34(27(3)22-25)41-38(4,46)40-33-23-31(29-15-13-28(14-16-29)24-42-19-9-6-10-20-42)17-18-32(33)36(43)39-35(37(44)45)30-11-7-5-8-12-30;1-2/h13-18,21-23,30,35,40-41,46H,5-12,19-20,24H2,1-4H3,(H,39,43)(H,44,45);1-2H3/t35-,38?;/m0./s1. The van der Waals surface area contributed by atoms with Crippen LogP contribution in [0.2, 0.25) is 0 Å². The van der Waals surface area contributed by atoms with Crippen molar-refractivity contribution in [3.63, 3.8) is 0 Å². The lowest BCUT2D eigenvalue weighted by Crippen LogP contribution is -2.47. The summed E-state index contributed by atoms with van der Waals surface area (Å²) in [5.74, 6) is -3.24. The van der Waals surface area contributed by atoms with E-state index in [1.165, 1.54) is 24.8 Å². The molecule has 0 radical (unpaired) electrons. The fourth-order valence-corrected chi connectivity index (χ4v) is 7.19. The molecule has 1 saturated heterocycles. The Balaban J connectivity index is 0.00000255. The number of aliphatic carboxylic acids is 1. The number of benzene rings is 3. The largest absolute Gasteiger partial charge is 0.480 e. The monoisotopic (exact) mass is 656 g/mol. The summed E-state index contributed by atoms with van der Waals surface area (Å²) in [6.45, 7) is 14.8. The number of anilines is 2. The molecule has 8 heteroatoms. The molecule has 2 fully saturated rings. The van der Waals surface area contributed by atoms with Gasteiger partial charge in [-0.1, -0.05) is 87.6 Å². The molecular weight excluding hydrogens is 600 g/mol. The first-order chi connectivity index (χ1) is 23.0. The first-order valence-electron chi connectivity index (χ1n) is 17.8. The number of carbonyl (C=O) groups is 2. The van der Waals surface area contributed by atoms with Crippen LogP contribution in [0.1, 0.15) is 105 Å². The topological polar surface area (TPSA) is 114 Å². The molecule has 1 aliphatic carbocycles. The summed E-state index contributed by atoms with van der Waals surface area (Å²) in [5, 5.41) is 30.9. The van der Waals surface area contributed by atoms with Crippen LogP contribution in [0.15, 0.2) is 54.6 Å². The highest BCUT2D eigenvalue weighted by molar-refractivity contribution is 6.02. The first kappa shape index (κ1) is 36.9. The molecule has 1 aliphatic heterocycles. The number of rotatable bonds is 11. The normalized spacial score (nSPS) is 17.3. The van der Waals surface area contributed by atoms with Gasteiger partial charge in [-0.3, -0.25) is 9.69 Å². The Bertz CT molecular complexity index is 1500. The Labute approximate surface area is 287 Å². The number of carboxylic acids is 1. The van der Waals surface area contributed by atoms with Crippen molar-refractivity contribution in [2.24, 2.45) is 5.92 Å². The fraction of sp³-hybridized carbons (Fsp3) is 0.500. The summed E-state index contributed by atoms with van der Waals surface area (Å²) >= 11 is 0. The van der Waals surface area contributed by atoms with Gasteiger partial charge in [0, 0.05) is 19.2 Å². The second-order valence-corrected chi connectivity index (χ2v) is 13.6. The highest BCUT2D eigenvalue weighted by atomic mass is 16.4. The van der Waals surface area contributed by atoms with Crippen LogP contribution in [0.25, 0.3) is 11.1 Å². The van der Waals surface area contributed by atoms with Crippen LogP contribution in [0, 0.1) is 26.7 Å². The number of carbonyl (C=O) groups excluding carboxylic acids is 1. The van der Waals surface area contributed by atoms with Crippen molar-refractivity contribution in [3.8, 4) is 11.1 Å². The Kier molecular flexibility index (Phi) is 13.1. The molecule has 0 spiro atoms. The van der Waals surface area contributed by atoms with Gasteiger partial charge in [0.25, 0.3) is 5.91 Å². The lowest BCUT2D eigenvalue weighted by atomic mass is 9.83. The molecule has 1 saturated carbocycles. The summed E-state index contributed by atoms with van der Waals surface area (Å²) in [6, 6.07) is 17.1. The third-order valence-corrected chi connectivity index (χ3v) is 9.50.